The minimum atomic E-state index is 0.114. The lowest BCUT2D eigenvalue weighted by molar-refractivity contribution is 0.600. The predicted molar refractivity (Wildman–Crippen MR) is 72.1 cm³/mol. The summed E-state index contributed by atoms with van der Waals surface area (Å²) in [6.07, 6.45) is 6.50. The van der Waals surface area contributed by atoms with Gasteiger partial charge in [-0.15, -0.1) is 0 Å². The maximum absolute atomic E-state index is 6.15. The van der Waals surface area contributed by atoms with Crippen LogP contribution in [-0.2, 0) is 6.42 Å². The SMILES string of the molecule is Cc1nc2c(Br)cccn2c1CCC1(N)CC1. The van der Waals surface area contributed by atoms with Gasteiger partial charge in [0.2, 0.25) is 0 Å². The first kappa shape index (κ1) is 11.2. The smallest absolute Gasteiger partial charge is 0.151 e. The molecule has 2 N–H and O–H groups in total. The van der Waals surface area contributed by atoms with Crippen LogP contribution in [0.2, 0.25) is 0 Å². The highest BCUT2D eigenvalue weighted by atomic mass is 79.9. The lowest BCUT2D eigenvalue weighted by Crippen LogP contribution is -2.22. The molecule has 90 valence electrons. The second-order valence-electron chi connectivity index (χ2n) is 5.06. The van der Waals surface area contributed by atoms with E-state index >= 15 is 0 Å². The number of rotatable bonds is 3. The van der Waals surface area contributed by atoms with Crippen LogP contribution >= 0.6 is 15.9 Å². The molecule has 2 aromatic rings. The zero-order valence-corrected chi connectivity index (χ0v) is 11.5. The first-order valence-corrected chi connectivity index (χ1v) is 6.79. The molecule has 3 rings (SSSR count). The third-order valence-electron chi connectivity index (χ3n) is 3.65. The van der Waals surface area contributed by atoms with E-state index in [4.69, 9.17) is 5.73 Å². The van der Waals surface area contributed by atoms with E-state index in [-0.39, 0.29) is 5.54 Å². The van der Waals surface area contributed by atoms with Gasteiger partial charge in [-0.1, -0.05) is 0 Å². The number of aromatic nitrogens is 2. The van der Waals surface area contributed by atoms with Gasteiger partial charge < -0.3 is 10.1 Å². The molecule has 0 bridgehead atoms. The van der Waals surface area contributed by atoms with Crippen molar-refractivity contribution in [1.29, 1.82) is 0 Å². The molecule has 0 spiro atoms. The molecule has 1 aliphatic rings. The molecule has 0 aliphatic heterocycles. The molecule has 1 fully saturated rings. The fourth-order valence-electron chi connectivity index (χ4n) is 2.28. The van der Waals surface area contributed by atoms with Crippen molar-refractivity contribution >= 4 is 21.6 Å². The average Bonchev–Trinajstić information content (AvgIpc) is 2.92. The van der Waals surface area contributed by atoms with E-state index in [0.717, 1.165) is 28.7 Å². The summed E-state index contributed by atoms with van der Waals surface area (Å²) in [6.45, 7) is 2.07. The fraction of sp³-hybridized carbons (Fsp3) is 0.462. The first-order valence-electron chi connectivity index (χ1n) is 6.00. The maximum Gasteiger partial charge on any atom is 0.151 e. The zero-order valence-electron chi connectivity index (χ0n) is 9.91. The van der Waals surface area contributed by atoms with E-state index < -0.39 is 0 Å². The zero-order chi connectivity index (χ0) is 12.0. The van der Waals surface area contributed by atoms with Gasteiger partial charge in [0.25, 0.3) is 0 Å². The monoisotopic (exact) mass is 293 g/mol. The van der Waals surface area contributed by atoms with Crippen LogP contribution in [-0.4, -0.2) is 14.9 Å². The van der Waals surface area contributed by atoms with Crippen LogP contribution in [0.1, 0.15) is 30.7 Å². The van der Waals surface area contributed by atoms with Crippen molar-refractivity contribution in [3.8, 4) is 0 Å². The van der Waals surface area contributed by atoms with E-state index in [1.54, 1.807) is 0 Å². The average molecular weight is 294 g/mol. The fourth-order valence-corrected chi connectivity index (χ4v) is 2.71. The van der Waals surface area contributed by atoms with Gasteiger partial charge in [-0.2, -0.15) is 0 Å². The van der Waals surface area contributed by atoms with Crippen molar-refractivity contribution in [2.24, 2.45) is 5.73 Å². The second kappa shape index (κ2) is 3.82. The number of imidazole rings is 1. The molecule has 2 aromatic heterocycles. The van der Waals surface area contributed by atoms with Crippen molar-refractivity contribution in [1.82, 2.24) is 9.38 Å². The Morgan fingerprint density at radius 2 is 2.29 bits per heavy atom. The molecule has 3 nitrogen and oxygen atoms in total. The molecule has 2 heterocycles. The van der Waals surface area contributed by atoms with Crippen molar-refractivity contribution in [3.63, 3.8) is 0 Å². The van der Waals surface area contributed by atoms with Crippen molar-refractivity contribution in [2.75, 3.05) is 0 Å². The molecule has 17 heavy (non-hydrogen) atoms. The summed E-state index contributed by atoms with van der Waals surface area (Å²) in [5, 5.41) is 0. The molecule has 0 unspecified atom stereocenters. The highest BCUT2D eigenvalue weighted by Gasteiger charge is 2.37. The van der Waals surface area contributed by atoms with Crippen molar-refractivity contribution < 1.29 is 0 Å². The Kier molecular flexibility index (Phi) is 2.52. The number of hydrogen-bond acceptors (Lipinski definition) is 2. The summed E-state index contributed by atoms with van der Waals surface area (Å²) >= 11 is 3.54. The van der Waals surface area contributed by atoms with E-state index in [2.05, 4.69) is 38.4 Å². The standard InChI is InChI=1S/C13H16BrN3/c1-9-11(4-5-13(15)6-7-13)17-8-2-3-10(14)12(17)16-9/h2-3,8H,4-7,15H2,1H3. The van der Waals surface area contributed by atoms with Crippen LogP contribution in [0.4, 0.5) is 0 Å². The number of hydrogen-bond donors (Lipinski definition) is 1. The summed E-state index contributed by atoms with van der Waals surface area (Å²) in [7, 11) is 0. The molecule has 1 aliphatic carbocycles. The molecule has 4 heteroatoms. The topological polar surface area (TPSA) is 43.3 Å². The Hall–Kier alpha value is -0.870. The Bertz CT molecular complexity index is 569. The van der Waals surface area contributed by atoms with Crippen LogP contribution in [0.15, 0.2) is 22.8 Å². The van der Waals surface area contributed by atoms with Gasteiger partial charge in [0.1, 0.15) is 0 Å². The maximum atomic E-state index is 6.15. The minimum absolute atomic E-state index is 0.114. The number of nitrogens with zero attached hydrogens (tertiary/aromatic N) is 2. The summed E-state index contributed by atoms with van der Waals surface area (Å²) < 4.78 is 3.22. The number of halogens is 1. The summed E-state index contributed by atoms with van der Waals surface area (Å²) in [5.41, 5.74) is 9.67. The van der Waals surface area contributed by atoms with E-state index in [1.807, 2.05) is 12.1 Å². The van der Waals surface area contributed by atoms with Gasteiger partial charge in [-0.25, -0.2) is 4.98 Å². The number of pyridine rings is 1. The second-order valence-corrected chi connectivity index (χ2v) is 5.91. The third kappa shape index (κ3) is 2.00. The quantitative estimate of drug-likeness (QED) is 0.946. The molecule has 0 radical (unpaired) electrons. The normalized spacial score (nSPS) is 17.6. The molecule has 1 saturated carbocycles. The highest BCUT2D eigenvalue weighted by Crippen LogP contribution is 2.37. The van der Waals surface area contributed by atoms with E-state index in [1.165, 1.54) is 18.5 Å². The first-order chi connectivity index (χ1) is 8.09. The number of aryl methyl sites for hydroxylation is 2. The Balaban J connectivity index is 1.97. The highest BCUT2D eigenvalue weighted by molar-refractivity contribution is 9.10. The number of nitrogens with two attached hydrogens (primary N) is 1. The Labute approximate surface area is 109 Å². The van der Waals surface area contributed by atoms with Gasteiger partial charge in [0.15, 0.2) is 5.65 Å². The summed E-state index contributed by atoms with van der Waals surface area (Å²) in [5.74, 6) is 0. The molecular weight excluding hydrogens is 278 g/mol. The lowest BCUT2D eigenvalue weighted by Gasteiger charge is -2.08. The van der Waals surface area contributed by atoms with Crippen molar-refractivity contribution in [3.05, 3.63) is 34.2 Å². The van der Waals surface area contributed by atoms with E-state index in [9.17, 15) is 0 Å². The number of fused-ring (bicyclic) bond motifs is 1. The van der Waals surface area contributed by atoms with Gasteiger partial charge >= 0.3 is 0 Å². The Morgan fingerprint density at radius 3 is 3.00 bits per heavy atom. The van der Waals surface area contributed by atoms with Gasteiger partial charge in [-0.3, -0.25) is 0 Å². The molecule has 0 atom stereocenters. The summed E-state index contributed by atoms with van der Waals surface area (Å²) in [6, 6.07) is 4.06. The lowest BCUT2D eigenvalue weighted by atomic mass is 10.1. The van der Waals surface area contributed by atoms with Crippen LogP contribution in [0.5, 0.6) is 0 Å². The van der Waals surface area contributed by atoms with Gasteiger partial charge in [0.05, 0.1) is 10.2 Å². The Morgan fingerprint density at radius 1 is 1.53 bits per heavy atom. The van der Waals surface area contributed by atoms with Crippen LogP contribution in [0.3, 0.4) is 0 Å². The van der Waals surface area contributed by atoms with Crippen LogP contribution in [0.25, 0.3) is 5.65 Å². The van der Waals surface area contributed by atoms with Crippen LogP contribution < -0.4 is 5.73 Å². The van der Waals surface area contributed by atoms with Crippen molar-refractivity contribution in [2.45, 2.75) is 38.1 Å². The minimum Gasteiger partial charge on any atom is -0.325 e. The van der Waals surface area contributed by atoms with Crippen LogP contribution in [0, 0.1) is 6.92 Å². The van der Waals surface area contributed by atoms with Gasteiger partial charge in [0, 0.05) is 17.4 Å². The third-order valence-corrected chi connectivity index (χ3v) is 4.27. The summed E-state index contributed by atoms with van der Waals surface area (Å²) in [4.78, 5) is 4.61. The van der Waals surface area contributed by atoms with E-state index in [0.29, 0.717) is 0 Å². The van der Waals surface area contributed by atoms with Gasteiger partial charge in [-0.05, 0) is 60.7 Å². The predicted octanol–water partition coefficient (Wildman–Crippen LogP) is 2.83. The molecule has 0 saturated heterocycles. The molecule has 0 aromatic carbocycles. The largest absolute Gasteiger partial charge is 0.325 e. The molecule has 0 amide bonds. The molecular formula is C13H16BrN3.